The molecule has 0 aromatic heterocycles. The second-order valence-electron chi connectivity index (χ2n) is 5.09. The highest BCUT2D eigenvalue weighted by Gasteiger charge is 2.19. The number of hydrogen-bond donors (Lipinski definition) is 0. The molecule has 0 bridgehead atoms. The van der Waals surface area contributed by atoms with Gasteiger partial charge in [0.25, 0.3) is 0 Å². The van der Waals surface area contributed by atoms with Gasteiger partial charge in [-0.3, -0.25) is 4.79 Å². The smallest absolute Gasteiger partial charge is 0.195 e. The standard InChI is InChI=1S/C17H16BrClO/c1-9-7-10(2)12(4)16(11(9)3)17(20)14-8-13(18)5-6-15(14)19/h5-8H,1-4H3. The number of aryl methyl sites for hydroxylation is 2. The van der Waals surface area contributed by atoms with Crippen molar-refractivity contribution in [1.29, 1.82) is 0 Å². The van der Waals surface area contributed by atoms with Crippen LogP contribution in [0.3, 0.4) is 0 Å². The molecule has 0 N–H and O–H groups in total. The topological polar surface area (TPSA) is 17.1 Å². The minimum absolute atomic E-state index is 0.0156. The van der Waals surface area contributed by atoms with E-state index in [-0.39, 0.29) is 5.78 Å². The Kier molecular flexibility index (Phi) is 4.36. The van der Waals surface area contributed by atoms with Gasteiger partial charge < -0.3 is 0 Å². The Morgan fingerprint density at radius 1 is 1.00 bits per heavy atom. The molecule has 0 saturated carbocycles. The quantitative estimate of drug-likeness (QED) is 0.647. The van der Waals surface area contributed by atoms with Crippen molar-refractivity contribution in [3.05, 3.63) is 67.1 Å². The fourth-order valence-electron chi connectivity index (χ4n) is 2.36. The van der Waals surface area contributed by atoms with Crippen molar-refractivity contribution >= 4 is 33.3 Å². The van der Waals surface area contributed by atoms with E-state index in [1.165, 1.54) is 0 Å². The van der Waals surface area contributed by atoms with Crippen LogP contribution >= 0.6 is 27.5 Å². The Bertz CT molecular complexity index is 678. The summed E-state index contributed by atoms with van der Waals surface area (Å²) in [6.45, 7) is 8.03. The van der Waals surface area contributed by atoms with Crippen molar-refractivity contribution < 1.29 is 4.79 Å². The number of ketones is 1. The molecule has 0 amide bonds. The Hall–Kier alpha value is -1.12. The van der Waals surface area contributed by atoms with Crippen LogP contribution in [0.2, 0.25) is 5.02 Å². The molecular formula is C17H16BrClO. The summed E-state index contributed by atoms with van der Waals surface area (Å²) >= 11 is 9.58. The fraction of sp³-hybridized carbons (Fsp3) is 0.235. The Labute approximate surface area is 133 Å². The highest BCUT2D eigenvalue weighted by atomic mass is 79.9. The zero-order valence-corrected chi connectivity index (χ0v) is 14.3. The van der Waals surface area contributed by atoms with E-state index >= 15 is 0 Å². The summed E-state index contributed by atoms with van der Waals surface area (Å²) in [6.07, 6.45) is 0. The largest absolute Gasteiger partial charge is 0.289 e. The molecule has 0 aliphatic rings. The van der Waals surface area contributed by atoms with Crippen molar-refractivity contribution in [2.45, 2.75) is 27.7 Å². The number of benzene rings is 2. The predicted octanol–water partition coefficient (Wildman–Crippen LogP) is 5.57. The van der Waals surface area contributed by atoms with Gasteiger partial charge in [-0.25, -0.2) is 0 Å². The number of hydrogen-bond acceptors (Lipinski definition) is 1. The van der Waals surface area contributed by atoms with E-state index in [9.17, 15) is 4.79 Å². The van der Waals surface area contributed by atoms with Crippen molar-refractivity contribution in [1.82, 2.24) is 0 Å². The third-order valence-electron chi connectivity index (χ3n) is 3.77. The molecule has 2 rings (SSSR count). The molecule has 0 aliphatic carbocycles. The lowest BCUT2D eigenvalue weighted by atomic mass is 9.89. The summed E-state index contributed by atoms with van der Waals surface area (Å²) in [5.41, 5.74) is 5.60. The second-order valence-corrected chi connectivity index (χ2v) is 6.41. The maximum atomic E-state index is 12.9. The van der Waals surface area contributed by atoms with Gasteiger partial charge in [-0.2, -0.15) is 0 Å². The van der Waals surface area contributed by atoms with E-state index in [1.54, 1.807) is 12.1 Å². The van der Waals surface area contributed by atoms with Crippen molar-refractivity contribution in [3.8, 4) is 0 Å². The summed E-state index contributed by atoms with van der Waals surface area (Å²) < 4.78 is 0.852. The summed E-state index contributed by atoms with van der Waals surface area (Å²) in [5.74, 6) is -0.0156. The van der Waals surface area contributed by atoms with Gasteiger partial charge in [0.1, 0.15) is 0 Å². The van der Waals surface area contributed by atoms with Crippen molar-refractivity contribution in [3.63, 3.8) is 0 Å². The molecule has 104 valence electrons. The first-order chi connectivity index (χ1) is 9.32. The van der Waals surface area contributed by atoms with Crippen molar-refractivity contribution in [2.75, 3.05) is 0 Å². The van der Waals surface area contributed by atoms with Crippen LogP contribution in [-0.4, -0.2) is 5.78 Å². The summed E-state index contributed by atoms with van der Waals surface area (Å²) in [7, 11) is 0. The Morgan fingerprint density at radius 2 is 1.55 bits per heavy atom. The van der Waals surface area contributed by atoms with Crippen LogP contribution in [0.1, 0.15) is 38.2 Å². The predicted molar refractivity (Wildman–Crippen MR) is 88.0 cm³/mol. The normalized spacial score (nSPS) is 10.7. The van der Waals surface area contributed by atoms with E-state index < -0.39 is 0 Å². The van der Waals surface area contributed by atoms with Crippen LogP contribution < -0.4 is 0 Å². The monoisotopic (exact) mass is 350 g/mol. The molecule has 0 aliphatic heterocycles. The van der Waals surface area contributed by atoms with Gasteiger partial charge in [-0.1, -0.05) is 33.6 Å². The van der Waals surface area contributed by atoms with Gasteiger partial charge in [0, 0.05) is 15.6 Å². The lowest BCUT2D eigenvalue weighted by Crippen LogP contribution is -2.09. The first-order valence-corrected chi connectivity index (χ1v) is 7.57. The molecule has 0 spiro atoms. The zero-order chi connectivity index (χ0) is 15.0. The number of carbonyl (C=O) groups excluding carboxylic acids is 1. The van der Waals surface area contributed by atoms with Gasteiger partial charge in [0.2, 0.25) is 0 Å². The highest BCUT2D eigenvalue weighted by Crippen LogP contribution is 2.28. The molecular weight excluding hydrogens is 336 g/mol. The summed E-state index contributed by atoms with van der Waals surface area (Å²) in [5, 5.41) is 0.483. The number of halogens is 2. The zero-order valence-electron chi connectivity index (χ0n) is 12.0. The maximum absolute atomic E-state index is 12.9. The van der Waals surface area contributed by atoms with E-state index in [2.05, 4.69) is 22.0 Å². The van der Waals surface area contributed by atoms with Gasteiger partial charge in [-0.05, 0) is 68.1 Å². The van der Waals surface area contributed by atoms with Crippen LogP contribution in [0.5, 0.6) is 0 Å². The molecule has 0 saturated heterocycles. The summed E-state index contributed by atoms with van der Waals surface area (Å²) in [6, 6.07) is 7.47. The van der Waals surface area contributed by atoms with E-state index in [1.807, 2.05) is 33.8 Å². The van der Waals surface area contributed by atoms with Gasteiger partial charge in [0.05, 0.1) is 5.02 Å². The van der Waals surface area contributed by atoms with E-state index in [4.69, 9.17) is 11.6 Å². The molecule has 0 fully saturated rings. The molecule has 0 heterocycles. The molecule has 2 aromatic carbocycles. The molecule has 0 radical (unpaired) electrons. The first kappa shape index (κ1) is 15.3. The SMILES string of the molecule is Cc1cc(C)c(C)c(C(=O)c2cc(Br)ccc2Cl)c1C. The highest BCUT2D eigenvalue weighted by molar-refractivity contribution is 9.10. The van der Waals surface area contributed by atoms with Crippen molar-refractivity contribution in [2.24, 2.45) is 0 Å². The van der Waals surface area contributed by atoms with Gasteiger partial charge in [0.15, 0.2) is 5.78 Å². The van der Waals surface area contributed by atoms with Crippen LogP contribution in [0, 0.1) is 27.7 Å². The van der Waals surface area contributed by atoms with Crippen LogP contribution in [0.15, 0.2) is 28.7 Å². The Morgan fingerprint density at radius 3 is 2.10 bits per heavy atom. The maximum Gasteiger partial charge on any atom is 0.195 e. The third kappa shape index (κ3) is 2.68. The number of rotatable bonds is 2. The lowest BCUT2D eigenvalue weighted by Gasteiger charge is -2.15. The first-order valence-electron chi connectivity index (χ1n) is 6.40. The minimum Gasteiger partial charge on any atom is -0.289 e. The number of carbonyl (C=O) groups is 1. The molecule has 20 heavy (non-hydrogen) atoms. The molecule has 0 unspecified atom stereocenters. The van der Waals surface area contributed by atoms with E-state index in [0.717, 1.165) is 32.3 Å². The molecule has 3 heteroatoms. The minimum atomic E-state index is -0.0156. The second kappa shape index (κ2) is 5.71. The molecule has 1 nitrogen and oxygen atoms in total. The van der Waals surface area contributed by atoms with Gasteiger partial charge in [-0.15, -0.1) is 0 Å². The van der Waals surface area contributed by atoms with Gasteiger partial charge >= 0.3 is 0 Å². The molecule has 2 aromatic rings. The van der Waals surface area contributed by atoms with Crippen LogP contribution in [-0.2, 0) is 0 Å². The summed E-state index contributed by atoms with van der Waals surface area (Å²) in [4.78, 5) is 12.9. The average Bonchev–Trinajstić information content (AvgIpc) is 2.39. The molecule has 0 atom stereocenters. The fourth-order valence-corrected chi connectivity index (χ4v) is 2.93. The lowest BCUT2D eigenvalue weighted by molar-refractivity contribution is 0.103. The Balaban J connectivity index is 2.68. The van der Waals surface area contributed by atoms with Crippen LogP contribution in [0.25, 0.3) is 0 Å². The third-order valence-corrected chi connectivity index (χ3v) is 4.59. The van der Waals surface area contributed by atoms with E-state index in [0.29, 0.717) is 10.6 Å². The van der Waals surface area contributed by atoms with Crippen LogP contribution in [0.4, 0.5) is 0 Å². The average molecular weight is 352 g/mol.